The lowest BCUT2D eigenvalue weighted by molar-refractivity contribution is -0.122. The smallest absolute Gasteiger partial charge is 0.234 e. The molecule has 0 fully saturated rings. The SMILES string of the molecule is COc1cc2c(cc1OC)CN(CC(=O)NCCC1=CCCCC1)CC2. The van der Waals surface area contributed by atoms with Crippen molar-refractivity contribution in [2.45, 2.75) is 45.1 Å². The third-order valence-electron chi connectivity index (χ3n) is 5.32. The van der Waals surface area contributed by atoms with E-state index in [0.29, 0.717) is 6.54 Å². The van der Waals surface area contributed by atoms with Crippen LogP contribution in [0.4, 0.5) is 0 Å². The summed E-state index contributed by atoms with van der Waals surface area (Å²) in [5, 5.41) is 3.08. The standard InChI is InChI=1S/C21H30N2O3/c1-25-19-12-17-9-11-23(14-18(17)13-20(19)26-2)15-21(24)22-10-8-16-6-4-3-5-7-16/h6,12-13H,3-5,7-11,14-15H2,1-2H3,(H,22,24). The minimum absolute atomic E-state index is 0.116. The third kappa shape index (κ3) is 4.79. The Labute approximate surface area is 156 Å². The summed E-state index contributed by atoms with van der Waals surface area (Å²) in [6, 6.07) is 4.09. The quantitative estimate of drug-likeness (QED) is 0.761. The van der Waals surface area contributed by atoms with Crippen LogP contribution in [-0.2, 0) is 17.8 Å². The van der Waals surface area contributed by atoms with Gasteiger partial charge in [-0.05, 0) is 61.8 Å². The van der Waals surface area contributed by atoms with Crippen molar-refractivity contribution >= 4 is 5.91 Å². The Kier molecular flexibility index (Phi) is 6.56. The first-order valence-corrected chi connectivity index (χ1v) is 9.60. The number of nitrogens with zero attached hydrogens (tertiary/aromatic N) is 1. The number of hydrogen-bond donors (Lipinski definition) is 1. The lowest BCUT2D eigenvalue weighted by Crippen LogP contribution is -2.40. The molecular weight excluding hydrogens is 328 g/mol. The van der Waals surface area contributed by atoms with Crippen molar-refractivity contribution in [3.05, 3.63) is 34.9 Å². The Morgan fingerprint density at radius 2 is 1.88 bits per heavy atom. The van der Waals surface area contributed by atoms with E-state index >= 15 is 0 Å². The fourth-order valence-corrected chi connectivity index (χ4v) is 3.83. The molecular formula is C21H30N2O3. The van der Waals surface area contributed by atoms with Gasteiger partial charge in [0.15, 0.2) is 11.5 Å². The van der Waals surface area contributed by atoms with E-state index in [-0.39, 0.29) is 5.91 Å². The van der Waals surface area contributed by atoms with Crippen LogP contribution in [0.3, 0.4) is 0 Å². The summed E-state index contributed by atoms with van der Waals surface area (Å²) in [5.41, 5.74) is 4.00. The molecule has 1 N–H and O–H groups in total. The van der Waals surface area contributed by atoms with E-state index in [4.69, 9.17) is 9.47 Å². The number of allylic oxidation sites excluding steroid dienone is 1. The minimum atomic E-state index is 0.116. The van der Waals surface area contributed by atoms with Crippen molar-refractivity contribution < 1.29 is 14.3 Å². The summed E-state index contributed by atoms with van der Waals surface area (Å²) in [5.74, 6) is 1.64. The average Bonchev–Trinajstić information content (AvgIpc) is 2.67. The number of hydrogen-bond acceptors (Lipinski definition) is 4. The fourth-order valence-electron chi connectivity index (χ4n) is 3.83. The van der Waals surface area contributed by atoms with Gasteiger partial charge >= 0.3 is 0 Å². The molecule has 1 aromatic rings. The van der Waals surface area contributed by atoms with Crippen molar-refractivity contribution in [3.63, 3.8) is 0 Å². The second-order valence-corrected chi connectivity index (χ2v) is 7.14. The van der Waals surface area contributed by atoms with E-state index in [2.05, 4.69) is 22.4 Å². The number of carbonyl (C=O) groups excluding carboxylic acids is 1. The second-order valence-electron chi connectivity index (χ2n) is 7.14. The first-order chi connectivity index (χ1) is 12.7. The molecule has 0 unspecified atom stereocenters. The number of fused-ring (bicyclic) bond motifs is 1. The maximum absolute atomic E-state index is 12.3. The summed E-state index contributed by atoms with van der Waals surface area (Å²) in [6.45, 7) is 2.86. The molecule has 26 heavy (non-hydrogen) atoms. The van der Waals surface area contributed by atoms with Crippen molar-refractivity contribution in [1.82, 2.24) is 10.2 Å². The molecule has 0 saturated carbocycles. The topological polar surface area (TPSA) is 50.8 Å². The molecule has 142 valence electrons. The summed E-state index contributed by atoms with van der Waals surface area (Å²) < 4.78 is 10.8. The number of methoxy groups -OCH3 is 2. The fraction of sp³-hybridized carbons (Fsp3) is 0.571. The molecule has 1 aromatic carbocycles. The van der Waals surface area contributed by atoms with Gasteiger partial charge in [0.05, 0.1) is 20.8 Å². The zero-order valence-electron chi connectivity index (χ0n) is 16.0. The van der Waals surface area contributed by atoms with Gasteiger partial charge < -0.3 is 14.8 Å². The van der Waals surface area contributed by atoms with E-state index in [1.807, 2.05) is 6.07 Å². The van der Waals surface area contributed by atoms with Gasteiger partial charge in [-0.15, -0.1) is 0 Å². The molecule has 3 rings (SSSR count). The molecule has 1 amide bonds. The van der Waals surface area contributed by atoms with Gasteiger partial charge in [-0.3, -0.25) is 9.69 Å². The Morgan fingerprint density at radius 3 is 2.58 bits per heavy atom. The molecule has 5 heteroatoms. The summed E-state index contributed by atoms with van der Waals surface area (Å²) in [6.07, 6.45) is 9.26. The first-order valence-electron chi connectivity index (χ1n) is 9.60. The summed E-state index contributed by atoms with van der Waals surface area (Å²) >= 11 is 0. The van der Waals surface area contributed by atoms with Gasteiger partial charge in [-0.1, -0.05) is 11.6 Å². The zero-order valence-corrected chi connectivity index (χ0v) is 16.0. The Morgan fingerprint density at radius 1 is 1.12 bits per heavy atom. The van der Waals surface area contributed by atoms with Crippen molar-refractivity contribution in [2.75, 3.05) is 33.9 Å². The number of rotatable bonds is 7. The van der Waals surface area contributed by atoms with Gasteiger partial charge in [0, 0.05) is 19.6 Å². The number of ether oxygens (including phenoxy) is 2. The lowest BCUT2D eigenvalue weighted by Gasteiger charge is -2.29. The number of amides is 1. The van der Waals surface area contributed by atoms with E-state index in [9.17, 15) is 4.79 Å². The van der Waals surface area contributed by atoms with E-state index in [1.54, 1.807) is 14.2 Å². The van der Waals surface area contributed by atoms with Crippen molar-refractivity contribution in [1.29, 1.82) is 0 Å². The first kappa shape index (κ1) is 18.8. The van der Waals surface area contributed by atoms with Crippen LogP contribution in [0.5, 0.6) is 11.5 Å². The summed E-state index contributed by atoms with van der Waals surface area (Å²) in [4.78, 5) is 14.5. The highest BCUT2D eigenvalue weighted by molar-refractivity contribution is 5.78. The number of nitrogens with one attached hydrogen (secondary N) is 1. The van der Waals surface area contributed by atoms with Gasteiger partial charge in [-0.2, -0.15) is 0 Å². The highest BCUT2D eigenvalue weighted by Crippen LogP contribution is 2.33. The van der Waals surface area contributed by atoms with E-state index in [0.717, 1.165) is 44.0 Å². The van der Waals surface area contributed by atoms with Crippen LogP contribution in [-0.4, -0.2) is 44.7 Å². The minimum Gasteiger partial charge on any atom is -0.493 e. The molecule has 2 aliphatic rings. The molecule has 0 aromatic heterocycles. The number of benzene rings is 1. The third-order valence-corrected chi connectivity index (χ3v) is 5.32. The van der Waals surface area contributed by atoms with Crippen LogP contribution in [0, 0.1) is 0 Å². The van der Waals surface area contributed by atoms with E-state index in [1.165, 1.54) is 42.4 Å². The Bertz CT molecular complexity index is 669. The van der Waals surface area contributed by atoms with Crippen LogP contribution in [0.15, 0.2) is 23.8 Å². The van der Waals surface area contributed by atoms with Crippen LogP contribution in [0.1, 0.15) is 43.2 Å². The molecule has 0 spiro atoms. The van der Waals surface area contributed by atoms with Crippen LogP contribution in [0.25, 0.3) is 0 Å². The predicted octanol–water partition coefficient (Wildman–Crippen LogP) is 3.07. The number of carbonyl (C=O) groups is 1. The second kappa shape index (κ2) is 9.08. The molecule has 0 bridgehead atoms. The lowest BCUT2D eigenvalue weighted by atomic mass is 9.97. The predicted molar refractivity (Wildman–Crippen MR) is 103 cm³/mol. The zero-order chi connectivity index (χ0) is 18.4. The average molecular weight is 358 g/mol. The molecule has 0 atom stereocenters. The van der Waals surface area contributed by atoms with Crippen molar-refractivity contribution in [3.8, 4) is 11.5 Å². The Balaban J connectivity index is 1.49. The normalized spacial score (nSPS) is 17.2. The monoisotopic (exact) mass is 358 g/mol. The van der Waals surface area contributed by atoms with Crippen LogP contribution in [0.2, 0.25) is 0 Å². The maximum Gasteiger partial charge on any atom is 0.234 e. The Hall–Kier alpha value is -2.01. The van der Waals surface area contributed by atoms with Crippen molar-refractivity contribution in [2.24, 2.45) is 0 Å². The highest BCUT2D eigenvalue weighted by Gasteiger charge is 2.21. The van der Waals surface area contributed by atoms with Gasteiger partial charge in [0.25, 0.3) is 0 Å². The van der Waals surface area contributed by atoms with E-state index < -0.39 is 0 Å². The maximum atomic E-state index is 12.3. The van der Waals surface area contributed by atoms with Gasteiger partial charge in [-0.25, -0.2) is 0 Å². The largest absolute Gasteiger partial charge is 0.493 e. The molecule has 0 saturated heterocycles. The molecule has 1 aliphatic carbocycles. The highest BCUT2D eigenvalue weighted by atomic mass is 16.5. The van der Waals surface area contributed by atoms with Crippen LogP contribution >= 0.6 is 0 Å². The molecule has 1 heterocycles. The molecule has 1 aliphatic heterocycles. The summed E-state index contributed by atoms with van der Waals surface area (Å²) in [7, 11) is 3.31. The molecule has 0 radical (unpaired) electrons. The molecule has 5 nitrogen and oxygen atoms in total. The van der Waals surface area contributed by atoms with Crippen LogP contribution < -0.4 is 14.8 Å². The van der Waals surface area contributed by atoms with Gasteiger partial charge in [0.2, 0.25) is 5.91 Å². The van der Waals surface area contributed by atoms with Gasteiger partial charge in [0.1, 0.15) is 0 Å².